The maximum atomic E-state index is 13.3. The van der Waals surface area contributed by atoms with Gasteiger partial charge in [-0.05, 0) is 42.8 Å². The van der Waals surface area contributed by atoms with Crippen LogP contribution in [0.2, 0.25) is 0 Å². The van der Waals surface area contributed by atoms with E-state index in [0.717, 1.165) is 17.9 Å². The number of halogens is 1. The Labute approximate surface area is 169 Å². The Hall–Kier alpha value is -2.86. The summed E-state index contributed by atoms with van der Waals surface area (Å²) in [5.74, 6) is -1.78. The van der Waals surface area contributed by atoms with E-state index in [4.69, 9.17) is 0 Å². The van der Waals surface area contributed by atoms with Gasteiger partial charge in [0.15, 0.2) is 0 Å². The van der Waals surface area contributed by atoms with Crippen LogP contribution < -0.4 is 9.80 Å². The van der Waals surface area contributed by atoms with Crippen LogP contribution in [0.5, 0.6) is 0 Å². The number of hydrogen-bond acceptors (Lipinski definition) is 3. The molecule has 6 heteroatoms. The predicted octanol–water partition coefficient (Wildman–Crippen LogP) is 2.23. The summed E-state index contributed by atoms with van der Waals surface area (Å²) in [7, 11) is 0. The van der Waals surface area contributed by atoms with Gasteiger partial charge >= 0.3 is 0 Å². The highest BCUT2D eigenvalue weighted by molar-refractivity contribution is 6.29. The number of quaternary nitrogens is 1. The first-order chi connectivity index (χ1) is 14.1. The quantitative estimate of drug-likeness (QED) is 0.625. The molecule has 0 saturated carbocycles. The summed E-state index contributed by atoms with van der Waals surface area (Å²) in [4.78, 5) is 33.6. The molecule has 5 nitrogen and oxygen atoms in total. The molecule has 2 amide bonds. The SMILES string of the molecule is CC[NH+]1CCC[C@H]1CN=CC1C(=O)N(c2ccc(F)cc2)C(=O)c2ccccc21. The van der Waals surface area contributed by atoms with E-state index < -0.39 is 11.7 Å². The highest BCUT2D eigenvalue weighted by Crippen LogP contribution is 2.32. The first kappa shape index (κ1) is 19.5. The van der Waals surface area contributed by atoms with Crippen molar-refractivity contribution in [1.82, 2.24) is 0 Å². The van der Waals surface area contributed by atoms with E-state index in [1.165, 1.54) is 37.2 Å². The Morgan fingerprint density at radius 1 is 1.17 bits per heavy atom. The van der Waals surface area contributed by atoms with E-state index in [1.54, 1.807) is 23.2 Å². The highest BCUT2D eigenvalue weighted by atomic mass is 19.1. The summed E-state index contributed by atoms with van der Waals surface area (Å²) < 4.78 is 13.3. The molecule has 0 aromatic heterocycles. The number of hydrogen-bond donors (Lipinski definition) is 1. The van der Waals surface area contributed by atoms with Crippen molar-refractivity contribution in [2.24, 2.45) is 4.99 Å². The van der Waals surface area contributed by atoms with Gasteiger partial charge in [0, 0.05) is 24.6 Å². The minimum Gasteiger partial charge on any atom is -0.331 e. The Balaban J connectivity index is 1.64. The molecule has 2 aliphatic rings. The predicted molar refractivity (Wildman–Crippen MR) is 110 cm³/mol. The van der Waals surface area contributed by atoms with Gasteiger partial charge in [-0.1, -0.05) is 18.2 Å². The van der Waals surface area contributed by atoms with Gasteiger partial charge in [0.2, 0.25) is 5.91 Å². The third kappa shape index (κ3) is 3.72. The van der Waals surface area contributed by atoms with Crippen molar-refractivity contribution in [3.05, 3.63) is 65.5 Å². The van der Waals surface area contributed by atoms with Gasteiger partial charge in [-0.15, -0.1) is 0 Å². The zero-order valence-electron chi connectivity index (χ0n) is 16.5. The number of carbonyl (C=O) groups excluding carboxylic acids is 2. The molecule has 2 heterocycles. The fourth-order valence-electron chi connectivity index (χ4n) is 4.40. The summed E-state index contributed by atoms with van der Waals surface area (Å²) in [5, 5.41) is 0. The lowest BCUT2D eigenvalue weighted by Crippen LogP contribution is -3.13. The number of nitrogens with zero attached hydrogens (tertiary/aromatic N) is 2. The first-order valence-corrected chi connectivity index (χ1v) is 10.2. The van der Waals surface area contributed by atoms with Crippen LogP contribution >= 0.6 is 0 Å². The van der Waals surface area contributed by atoms with E-state index in [-0.39, 0.29) is 11.8 Å². The summed E-state index contributed by atoms with van der Waals surface area (Å²) in [6.07, 6.45) is 4.05. The van der Waals surface area contributed by atoms with E-state index in [0.29, 0.717) is 29.4 Å². The van der Waals surface area contributed by atoms with Crippen LogP contribution in [0.15, 0.2) is 53.5 Å². The first-order valence-electron chi connectivity index (χ1n) is 10.2. The van der Waals surface area contributed by atoms with Gasteiger partial charge in [-0.2, -0.15) is 0 Å². The number of likely N-dealkylation sites (N-methyl/N-ethyl adjacent to an activating group) is 1. The Morgan fingerprint density at radius 2 is 1.93 bits per heavy atom. The third-order valence-corrected chi connectivity index (χ3v) is 5.96. The zero-order chi connectivity index (χ0) is 20.4. The molecule has 29 heavy (non-hydrogen) atoms. The number of likely N-dealkylation sites (tertiary alicyclic amines) is 1. The molecule has 3 atom stereocenters. The number of amides is 2. The molecule has 1 fully saturated rings. The summed E-state index contributed by atoms with van der Waals surface area (Å²) in [5.41, 5.74) is 1.52. The van der Waals surface area contributed by atoms with Crippen molar-refractivity contribution >= 4 is 23.7 Å². The molecule has 2 unspecified atom stereocenters. The van der Waals surface area contributed by atoms with Gasteiger partial charge in [0.25, 0.3) is 5.91 Å². The van der Waals surface area contributed by atoms with Crippen molar-refractivity contribution in [2.75, 3.05) is 24.5 Å². The van der Waals surface area contributed by atoms with Crippen LogP contribution in [-0.2, 0) is 4.79 Å². The third-order valence-electron chi connectivity index (χ3n) is 5.96. The smallest absolute Gasteiger partial charge is 0.265 e. The van der Waals surface area contributed by atoms with Crippen molar-refractivity contribution in [2.45, 2.75) is 31.7 Å². The molecular formula is C23H25FN3O2+. The molecule has 1 saturated heterocycles. The van der Waals surface area contributed by atoms with Crippen LogP contribution in [0.25, 0.3) is 0 Å². The molecule has 0 bridgehead atoms. The van der Waals surface area contributed by atoms with Crippen LogP contribution in [0.1, 0.15) is 41.6 Å². The molecule has 4 rings (SSSR count). The van der Waals surface area contributed by atoms with Crippen LogP contribution in [0.3, 0.4) is 0 Å². The Morgan fingerprint density at radius 3 is 2.69 bits per heavy atom. The second kappa shape index (κ2) is 8.25. The lowest BCUT2D eigenvalue weighted by Gasteiger charge is -2.31. The number of benzene rings is 2. The van der Waals surface area contributed by atoms with E-state index in [1.807, 2.05) is 12.1 Å². The second-order valence-corrected chi connectivity index (χ2v) is 7.64. The maximum Gasteiger partial charge on any atom is 0.265 e. The fourth-order valence-corrected chi connectivity index (χ4v) is 4.40. The summed E-state index contributed by atoms with van der Waals surface area (Å²) >= 11 is 0. The molecule has 1 N–H and O–H groups in total. The summed E-state index contributed by atoms with van der Waals surface area (Å²) in [6.45, 7) is 5.12. The number of aliphatic imine (C=N–C) groups is 1. The average Bonchev–Trinajstić information content (AvgIpc) is 3.19. The number of rotatable bonds is 5. The van der Waals surface area contributed by atoms with Crippen molar-refractivity contribution in [3.8, 4) is 0 Å². The minimum absolute atomic E-state index is 0.352. The molecular weight excluding hydrogens is 369 g/mol. The monoisotopic (exact) mass is 394 g/mol. The average molecular weight is 394 g/mol. The topological polar surface area (TPSA) is 54.2 Å². The van der Waals surface area contributed by atoms with E-state index in [9.17, 15) is 14.0 Å². The highest BCUT2D eigenvalue weighted by Gasteiger charge is 2.38. The number of imide groups is 1. The minimum atomic E-state index is -0.625. The number of carbonyl (C=O) groups is 2. The molecule has 0 aliphatic carbocycles. The van der Waals surface area contributed by atoms with Crippen molar-refractivity contribution in [1.29, 1.82) is 0 Å². The van der Waals surface area contributed by atoms with Crippen LogP contribution in [0.4, 0.5) is 10.1 Å². The lowest BCUT2D eigenvalue weighted by atomic mass is 9.89. The molecule has 0 radical (unpaired) electrons. The second-order valence-electron chi connectivity index (χ2n) is 7.64. The molecule has 0 spiro atoms. The van der Waals surface area contributed by atoms with Crippen LogP contribution in [-0.4, -0.2) is 43.7 Å². The van der Waals surface area contributed by atoms with Gasteiger partial charge in [-0.25, -0.2) is 9.29 Å². The van der Waals surface area contributed by atoms with Gasteiger partial charge < -0.3 is 4.90 Å². The summed E-state index contributed by atoms with van der Waals surface area (Å²) in [6, 6.07) is 13.0. The largest absolute Gasteiger partial charge is 0.331 e. The number of nitrogens with one attached hydrogen (secondary N) is 1. The Bertz CT molecular complexity index is 941. The van der Waals surface area contributed by atoms with Crippen molar-refractivity contribution < 1.29 is 18.9 Å². The van der Waals surface area contributed by atoms with E-state index >= 15 is 0 Å². The molecule has 2 aromatic carbocycles. The van der Waals surface area contributed by atoms with Gasteiger partial charge in [0.1, 0.15) is 11.9 Å². The standard InChI is InChI=1S/C23H24FN3O2/c1-2-26-13-5-6-18(26)14-25-15-21-19-7-3-4-8-20(19)22(28)27(23(21)29)17-11-9-16(24)10-12-17/h3-4,7-12,15,18,21H,2,5-6,13-14H2,1H3/p+1/t18-,21?/m0/s1. The normalized spacial score (nSPS) is 24.3. The van der Waals surface area contributed by atoms with E-state index in [2.05, 4.69) is 11.9 Å². The van der Waals surface area contributed by atoms with Gasteiger partial charge in [-0.3, -0.25) is 14.6 Å². The molecule has 2 aliphatic heterocycles. The van der Waals surface area contributed by atoms with Gasteiger partial charge in [0.05, 0.1) is 31.2 Å². The fraction of sp³-hybridized carbons (Fsp3) is 0.348. The maximum absolute atomic E-state index is 13.3. The van der Waals surface area contributed by atoms with Crippen LogP contribution in [0, 0.1) is 5.82 Å². The lowest BCUT2D eigenvalue weighted by molar-refractivity contribution is -0.908. The van der Waals surface area contributed by atoms with Crippen molar-refractivity contribution in [3.63, 3.8) is 0 Å². The molecule has 150 valence electrons. The number of fused-ring (bicyclic) bond motifs is 1. The molecule has 2 aromatic rings. The zero-order valence-corrected chi connectivity index (χ0v) is 16.5. The number of anilines is 1. The Kier molecular flexibility index (Phi) is 5.53.